The summed E-state index contributed by atoms with van der Waals surface area (Å²) in [5, 5.41) is 4.64. The average Bonchev–Trinajstić information content (AvgIpc) is 3.17. The van der Waals surface area contributed by atoms with Gasteiger partial charge >= 0.3 is 0 Å². The first-order chi connectivity index (χ1) is 16.0. The molecule has 6 nitrogen and oxygen atoms in total. The molecule has 0 atom stereocenters. The molecule has 5 rings (SSSR count). The number of carbonyl (C=O) groups excluding carboxylic acids is 1. The number of nitrogens with zero attached hydrogens (tertiary/aromatic N) is 5. The predicted molar refractivity (Wildman–Crippen MR) is 125 cm³/mol. The number of piperazine rings is 1. The number of rotatable bonds is 4. The van der Waals surface area contributed by atoms with Crippen LogP contribution in [-0.4, -0.2) is 56.5 Å². The summed E-state index contributed by atoms with van der Waals surface area (Å²) in [5.74, 6) is -0.300. The van der Waals surface area contributed by atoms with Crippen LogP contribution in [-0.2, 0) is 6.54 Å². The lowest BCUT2D eigenvalue weighted by Gasteiger charge is -2.35. The minimum atomic E-state index is -0.284. The van der Waals surface area contributed by atoms with Crippen molar-refractivity contribution in [2.24, 2.45) is 0 Å². The summed E-state index contributed by atoms with van der Waals surface area (Å²) in [6.07, 6.45) is 1.65. The van der Waals surface area contributed by atoms with Gasteiger partial charge in [-0.2, -0.15) is 5.10 Å². The molecule has 0 aliphatic carbocycles. The van der Waals surface area contributed by atoms with Crippen molar-refractivity contribution in [3.05, 3.63) is 89.1 Å². The van der Waals surface area contributed by atoms with Crippen molar-refractivity contribution >= 4 is 11.6 Å². The Morgan fingerprint density at radius 2 is 1.67 bits per heavy atom. The average molecular weight is 444 g/mol. The molecule has 0 bridgehead atoms. The lowest BCUT2D eigenvalue weighted by atomic mass is 10.1. The molecule has 168 valence electrons. The number of aryl methyl sites for hydroxylation is 2. The quantitative estimate of drug-likeness (QED) is 0.476. The van der Waals surface area contributed by atoms with Crippen LogP contribution in [0.1, 0.15) is 27.3 Å². The van der Waals surface area contributed by atoms with Crippen LogP contribution >= 0.6 is 0 Å². The number of halogens is 1. The zero-order valence-corrected chi connectivity index (χ0v) is 18.8. The Morgan fingerprint density at radius 1 is 0.970 bits per heavy atom. The summed E-state index contributed by atoms with van der Waals surface area (Å²) in [5.41, 5.74) is 5.77. The van der Waals surface area contributed by atoms with E-state index in [2.05, 4.69) is 39.2 Å². The smallest absolute Gasteiger partial charge is 0.257 e. The third-order valence-corrected chi connectivity index (χ3v) is 6.33. The van der Waals surface area contributed by atoms with Crippen molar-refractivity contribution in [1.82, 2.24) is 24.4 Å². The van der Waals surface area contributed by atoms with Crippen LogP contribution in [0.4, 0.5) is 4.39 Å². The van der Waals surface area contributed by atoms with Crippen molar-refractivity contribution in [1.29, 1.82) is 0 Å². The number of amides is 1. The minimum Gasteiger partial charge on any atom is -0.336 e. The summed E-state index contributed by atoms with van der Waals surface area (Å²) in [6, 6.07) is 16.7. The molecule has 1 aliphatic rings. The zero-order valence-electron chi connectivity index (χ0n) is 18.8. The normalized spacial score (nSPS) is 14.7. The fraction of sp³-hybridized carbons (Fsp3) is 0.269. The van der Waals surface area contributed by atoms with Crippen LogP contribution in [0.3, 0.4) is 0 Å². The van der Waals surface area contributed by atoms with Crippen LogP contribution in [0.5, 0.6) is 0 Å². The topological polar surface area (TPSA) is 53.7 Å². The highest BCUT2D eigenvalue weighted by atomic mass is 19.1. The highest BCUT2D eigenvalue weighted by Crippen LogP contribution is 2.28. The van der Waals surface area contributed by atoms with Crippen LogP contribution in [0, 0.1) is 19.7 Å². The van der Waals surface area contributed by atoms with Crippen molar-refractivity contribution in [3.8, 4) is 11.1 Å². The summed E-state index contributed by atoms with van der Waals surface area (Å²) < 4.78 is 15.1. The summed E-state index contributed by atoms with van der Waals surface area (Å²) in [7, 11) is 0. The van der Waals surface area contributed by atoms with Gasteiger partial charge < -0.3 is 4.90 Å². The van der Waals surface area contributed by atoms with Crippen LogP contribution in [0.25, 0.3) is 16.8 Å². The molecular formula is C26H26FN5O. The molecule has 1 amide bonds. The Bertz CT molecular complexity index is 1290. The van der Waals surface area contributed by atoms with E-state index < -0.39 is 0 Å². The Morgan fingerprint density at radius 3 is 2.36 bits per heavy atom. The van der Waals surface area contributed by atoms with E-state index >= 15 is 0 Å². The highest BCUT2D eigenvalue weighted by molar-refractivity contribution is 5.95. The zero-order chi connectivity index (χ0) is 22.9. The second-order valence-corrected chi connectivity index (χ2v) is 8.51. The van der Waals surface area contributed by atoms with Gasteiger partial charge in [-0.25, -0.2) is 13.9 Å². The number of carbonyl (C=O) groups is 1. The van der Waals surface area contributed by atoms with Crippen molar-refractivity contribution in [3.63, 3.8) is 0 Å². The second kappa shape index (κ2) is 8.75. The maximum absolute atomic E-state index is 13.4. The molecule has 1 saturated heterocycles. The van der Waals surface area contributed by atoms with Gasteiger partial charge in [0.05, 0.1) is 17.0 Å². The van der Waals surface area contributed by atoms with E-state index in [9.17, 15) is 9.18 Å². The summed E-state index contributed by atoms with van der Waals surface area (Å²) in [6.45, 7) is 7.74. The molecular weight excluding hydrogens is 417 g/mol. The standard InChI is InChI=1S/C26H26FN5O/c1-18-24(21-8-10-22(27)11-9-21)25-28-16-23(19(2)32(25)29-18)26(33)31-14-12-30(13-15-31)17-20-6-4-3-5-7-20/h3-11,16H,12-15,17H2,1-2H3. The van der Waals surface area contributed by atoms with E-state index in [-0.39, 0.29) is 11.7 Å². The van der Waals surface area contributed by atoms with Gasteiger partial charge in [-0.15, -0.1) is 0 Å². The van der Waals surface area contributed by atoms with Gasteiger partial charge in [0.1, 0.15) is 5.82 Å². The molecule has 0 N–H and O–H groups in total. The van der Waals surface area contributed by atoms with Gasteiger partial charge in [-0.05, 0) is 37.1 Å². The fourth-order valence-electron chi connectivity index (χ4n) is 4.49. The van der Waals surface area contributed by atoms with Crippen molar-refractivity contribution in [2.45, 2.75) is 20.4 Å². The molecule has 1 aliphatic heterocycles. The Hall–Kier alpha value is -3.58. The lowest BCUT2D eigenvalue weighted by Crippen LogP contribution is -2.48. The van der Waals surface area contributed by atoms with E-state index in [0.717, 1.165) is 42.1 Å². The SMILES string of the molecule is Cc1nn2c(C)c(C(=O)N3CCN(Cc4ccccc4)CC3)cnc2c1-c1ccc(F)cc1. The van der Waals surface area contributed by atoms with E-state index in [1.165, 1.54) is 17.7 Å². The van der Waals surface area contributed by atoms with Gasteiger partial charge in [0.15, 0.2) is 5.65 Å². The molecule has 4 aromatic rings. The molecule has 0 saturated carbocycles. The van der Waals surface area contributed by atoms with Crippen LogP contribution in [0.15, 0.2) is 60.8 Å². The lowest BCUT2D eigenvalue weighted by molar-refractivity contribution is 0.0626. The molecule has 1 fully saturated rings. The van der Waals surface area contributed by atoms with Crippen molar-refractivity contribution in [2.75, 3.05) is 26.2 Å². The van der Waals surface area contributed by atoms with Crippen molar-refractivity contribution < 1.29 is 9.18 Å². The van der Waals surface area contributed by atoms with E-state index in [1.807, 2.05) is 24.8 Å². The second-order valence-electron chi connectivity index (χ2n) is 8.51. The Kier molecular flexibility index (Phi) is 5.64. The fourth-order valence-corrected chi connectivity index (χ4v) is 4.49. The van der Waals surface area contributed by atoms with Gasteiger partial charge in [0.25, 0.3) is 5.91 Å². The van der Waals surface area contributed by atoms with Gasteiger partial charge in [-0.1, -0.05) is 42.5 Å². The Balaban J connectivity index is 1.35. The van der Waals surface area contributed by atoms with E-state index in [0.29, 0.717) is 24.3 Å². The monoisotopic (exact) mass is 443 g/mol. The third kappa shape index (κ3) is 4.12. The van der Waals surface area contributed by atoms with Gasteiger partial charge in [-0.3, -0.25) is 9.69 Å². The molecule has 0 unspecified atom stereocenters. The molecule has 0 radical (unpaired) electrons. The predicted octanol–water partition coefficient (Wildman–Crippen LogP) is 4.11. The van der Waals surface area contributed by atoms with Gasteiger partial charge in [0.2, 0.25) is 0 Å². The molecule has 7 heteroatoms. The maximum atomic E-state index is 13.4. The van der Waals surface area contributed by atoms with E-state index in [1.54, 1.807) is 22.8 Å². The number of hydrogen-bond donors (Lipinski definition) is 0. The largest absolute Gasteiger partial charge is 0.336 e. The maximum Gasteiger partial charge on any atom is 0.257 e. The number of aromatic nitrogens is 3. The molecule has 2 aromatic carbocycles. The molecule has 0 spiro atoms. The molecule has 33 heavy (non-hydrogen) atoms. The van der Waals surface area contributed by atoms with Crippen LogP contribution < -0.4 is 0 Å². The Labute approximate surface area is 192 Å². The first-order valence-electron chi connectivity index (χ1n) is 11.2. The third-order valence-electron chi connectivity index (χ3n) is 6.33. The van der Waals surface area contributed by atoms with Crippen LogP contribution in [0.2, 0.25) is 0 Å². The number of benzene rings is 2. The minimum absolute atomic E-state index is 0.0160. The highest BCUT2D eigenvalue weighted by Gasteiger charge is 2.25. The number of fused-ring (bicyclic) bond motifs is 1. The molecule has 2 aromatic heterocycles. The van der Waals surface area contributed by atoms with Gasteiger partial charge in [0, 0.05) is 44.5 Å². The first-order valence-corrected chi connectivity index (χ1v) is 11.2. The summed E-state index contributed by atoms with van der Waals surface area (Å²) >= 11 is 0. The number of hydrogen-bond acceptors (Lipinski definition) is 4. The first kappa shape index (κ1) is 21.3. The van der Waals surface area contributed by atoms with E-state index in [4.69, 9.17) is 0 Å². The molecule has 3 heterocycles. The summed E-state index contributed by atoms with van der Waals surface area (Å²) in [4.78, 5) is 22.2.